The van der Waals surface area contributed by atoms with Crippen molar-refractivity contribution in [3.05, 3.63) is 69.5 Å². The van der Waals surface area contributed by atoms with Crippen molar-refractivity contribution in [3.8, 4) is 0 Å². The number of amides is 2. The summed E-state index contributed by atoms with van der Waals surface area (Å²) in [6, 6.07) is 10.1. The maximum atomic E-state index is 13.5. The van der Waals surface area contributed by atoms with Crippen LogP contribution in [0.2, 0.25) is 0 Å². The van der Waals surface area contributed by atoms with Gasteiger partial charge in [0.15, 0.2) is 0 Å². The lowest BCUT2D eigenvalue weighted by atomic mass is 10.1. The number of nitro groups is 1. The smallest absolute Gasteiger partial charge is 0.293 e. The second-order valence-corrected chi connectivity index (χ2v) is 6.40. The van der Waals surface area contributed by atoms with Crippen LogP contribution in [0.25, 0.3) is 0 Å². The molecule has 0 atom stereocenters. The van der Waals surface area contributed by atoms with E-state index in [1.165, 1.54) is 36.4 Å². The van der Waals surface area contributed by atoms with E-state index in [0.717, 1.165) is 12.8 Å². The van der Waals surface area contributed by atoms with Gasteiger partial charge in [-0.25, -0.2) is 4.39 Å². The van der Waals surface area contributed by atoms with Gasteiger partial charge < -0.3 is 16.0 Å². The van der Waals surface area contributed by atoms with E-state index in [0.29, 0.717) is 5.69 Å². The van der Waals surface area contributed by atoms with Crippen LogP contribution in [0.5, 0.6) is 0 Å². The molecule has 0 radical (unpaired) electrons. The minimum Gasteiger partial charge on any atom is -0.377 e. The molecule has 2 aromatic carbocycles. The minimum absolute atomic E-state index is 0.0804. The number of rotatable bonds is 8. The van der Waals surface area contributed by atoms with Gasteiger partial charge in [0.1, 0.15) is 11.5 Å². The first-order chi connectivity index (χ1) is 13.5. The number of nitrogens with zero attached hydrogens (tertiary/aromatic N) is 1. The molecule has 0 spiro atoms. The molecule has 0 unspecified atom stereocenters. The van der Waals surface area contributed by atoms with Gasteiger partial charge in [-0.1, -0.05) is 12.1 Å². The Hall–Kier alpha value is -3.49. The number of benzene rings is 2. The quantitative estimate of drug-likeness (QED) is 0.366. The van der Waals surface area contributed by atoms with E-state index in [2.05, 4.69) is 16.0 Å². The van der Waals surface area contributed by atoms with Crippen LogP contribution in [-0.2, 0) is 0 Å². The molecule has 0 aromatic heterocycles. The first kappa shape index (κ1) is 19.3. The Morgan fingerprint density at radius 2 is 1.75 bits per heavy atom. The number of halogens is 1. The van der Waals surface area contributed by atoms with Crippen molar-refractivity contribution < 1.29 is 18.9 Å². The molecule has 9 heteroatoms. The fraction of sp³-hybridized carbons (Fsp3) is 0.263. The van der Waals surface area contributed by atoms with Crippen molar-refractivity contribution in [1.29, 1.82) is 0 Å². The number of carbonyl (C=O) groups is 2. The SMILES string of the molecule is O=C(NCCNC(=O)c1ccccc1F)c1ccc(NC2CC2)c([N+](=O)[O-])c1. The van der Waals surface area contributed by atoms with Crippen LogP contribution in [-0.4, -0.2) is 35.9 Å². The molecule has 146 valence electrons. The van der Waals surface area contributed by atoms with E-state index in [-0.39, 0.29) is 35.9 Å². The molecular formula is C19H19FN4O4. The first-order valence-electron chi connectivity index (χ1n) is 8.81. The standard InChI is InChI=1S/C19H19FN4O4/c20-15-4-2-1-3-14(15)19(26)22-10-9-21-18(25)12-5-8-16(23-13-6-7-13)17(11-12)24(27)28/h1-5,8,11,13,23H,6-7,9-10H2,(H,21,25)(H,22,26). The van der Waals surface area contributed by atoms with Crippen LogP contribution < -0.4 is 16.0 Å². The summed E-state index contributed by atoms with van der Waals surface area (Å²) >= 11 is 0. The molecule has 8 nitrogen and oxygen atoms in total. The van der Waals surface area contributed by atoms with Gasteiger partial charge in [-0.3, -0.25) is 19.7 Å². The number of hydrogen-bond acceptors (Lipinski definition) is 5. The molecule has 0 bridgehead atoms. The van der Waals surface area contributed by atoms with Crippen molar-refractivity contribution in [2.45, 2.75) is 18.9 Å². The summed E-state index contributed by atoms with van der Waals surface area (Å²) in [5, 5.41) is 19.4. The van der Waals surface area contributed by atoms with Crippen LogP contribution in [0, 0.1) is 15.9 Å². The zero-order chi connectivity index (χ0) is 20.1. The Bertz CT molecular complexity index is 915. The Morgan fingerprint density at radius 3 is 2.39 bits per heavy atom. The second-order valence-electron chi connectivity index (χ2n) is 6.40. The van der Waals surface area contributed by atoms with Gasteiger partial charge in [0, 0.05) is 30.8 Å². The zero-order valence-corrected chi connectivity index (χ0v) is 14.9. The first-order valence-corrected chi connectivity index (χ1v) is 8.81. The highest BCUT2D eigenvalue weighted by molar-refractivity contribution is 5.96. The normalized spacial score (nSPS) is 12.9. The summed E-state index contributed by atoms with van der Waals surface area (Å²) in [4.78, 5) is 34.8. The maximum absolute atomic E-state index is 13.5. The number of nitro benzene ring substituents is 1. The Kier molecular flexibility index (Phi) is 5.83. The number of nitrogens with one attached hydrogen (secondary N) is 3. The molecule has 1 fully saturated rings. The number of anilines is 1. The summed E-state index contributed by atoms with van der Waals surface area (Å²) in [5.74, 6) is -1.71. The summed E-state index contributed by atoms with van der Waals surface area (Å²) < 4.78 is 13.5. The lowest BCUT2D eigenvalue weighted by Gasteiger charge is -2.09. The third-order valence-electron chi connectivity index (χ3n) is 4.21. The third-order valence-corrected chi connectivity index (χ3v) is 4.21. The van der Waals surface area contributed by atoms with E-state index in [9.17, 15) is 24.1 Å². The van der Waals surface area contributed by atoms with Crippen molar-refractivity contribution in [2.75, 3.05) is 18.4 Å². The van der Waals surface area contributed by atoms with Gasteiger partial charge in [0.25, 0.3) is 17.5 Å². The largest absolute Gasteiger partial charge is 0.377 e. The van der Waals surface area contributed by atoms with Crippen LogP contribution in [0.15, 0.2) is 42.5 Å². The van der Waals surface area contributed by atoms with E-state index in [1.54, 1.807) is 6.07 Å². The topological polar surface area (TPSA) is 113 Å². The van der Waals surface area contributed by atoms with Gasteiger partial charge >= 0.3 is 0 Å². The Morgan fingerprint density at radius 1 is 1.07 bits per heavy atom. The number of hydrogen-bond donors (Lipinski definition) is 3. The Labute approximate surface area is 160 Å². The molecule has 0 heterocycles. The van der Waals surface area contributed by atoms with Gasteiger partial charge in [0.05, 0.1) is 10.5 Å². The molecule has 1 aliphatic rings. The number of carbonyl (C=O) groups excluding carboxylic acids is 2. The van der Waals surface area contributed by atoms with E-state index in [4.69, 9.17) is 0 Å². The highest BCUT2D eigenvalue weighted by Crippen LogP contribution is 2.31. The van der Waals surface area contributed by atoms with E-state index in [1.807, 2.05) is 0 Å². The van der Waals surface area contributed by atoms with Crippen molar-refractivity contribution in [1.82, 2.24) is 10.6 Å². The molecule has 3 N–H and O–H groups in total. The van der Waals surface area contributed by atoms with Crippen molar-refractivity contribution in [2.24, 2.45) is 0 Å². The van der Waals surface area contributed by atoms with Crippen LogP contribution in [0.1, 0.15) is 33.6 Å². The molecule has 0 saturated heterocycles. The summed E-state index contributed by atoms with van der Waals surface area (Å²) in [5.41, 5.74) is 0.297. The summed E-state index contributed by atoms with van der Waals surface area (Å²) in [6.45, 7) is 0.178. The predicted octanol–water partition coefficient (Wildman–Crippen LogP) is 2.47. The molecule has 0 aliphatic heterocycles. The van der Waals surface area contributed by atoms with Crippen molar-refractivity contribution in [3.63, 3.8) is 0 Å². The monoisotopic (exact) mass is 386 g/mol. The average Bonchev–Trinajstić information content (AvgIpc) is 3.49. The summed E-state index contributed by atoms with van der Waals surface area (Å²) in [6.07, 6.45) is 1.94. The molecule has 28 heavy (non-hydrogen) atoms. The zero-order valence-electron chi connectivity index (χ0n) is 14.9. The second kappa shape index (κ2) is 8.47. The Balaban J connectivity index is 1.53. The molecule has 1 aliphatic carbocycles. The lowest BCUT2D eigenvalue weighted by molar-refractivity contribution is -0.384. The van der Waals surface area contributed by atoms with Crippen LogP contribution in [0.3, 0.4) is 0 Å². The minimum atomic E-state index is -0.628. The van der Waals surface area contributed by atoms with Crippen LogP contribution in [0.4, 0.5) is 15.8 Å². The maximum Gasteiger partial charge on any atom is 0.293 e. The molecule has 2 aromatic rings. The van der Waals surface area contributed by atoms with E-state index >= 15 is 0 Å². The fourth-order valence-electron chi connectivity index (χ4n) is 2.59. The third kappa shape index (κ3) is 4.81. The van der Waals surface area contributed by atoms with Gasteiger partial charge in [-0.2, -0.15) is 0 Å². The highest BCUT2D eigenvalue weighted by atomic mass is 19.1. The van der Waals surface area contributed by atoms with Gasteiger partial charge in [0.2, 0.25) is 0 Å². The van der Waals surface area contributed by atoms with Gasteiger partial charge in [-0.05, 0) is 37.1 Å². The lowest BCUT2D eigenvalue weighted by Crippen LogP contribution is -2.35. The van der Waals surface area contributed by atoms with Crippen molar-refractivity contribution >= 4 is 23.2 Å². The molecular weight excluding hydrogens is 367 g/mol. The van der Waals surface area contributed by atoms with Gasteiger partial charge in [-0.15, -0.1) is 0 Å². The predicted molar refractivity (Wildman–Crippen MR) is 101 cm³/mol. The fourth-order valence-corrected chi connectivity index (χ4v) is 2.59. The van der Waals surface area contributed by atoms with E-state index < -0.39 is 22.6 Å². The average molecular weight is 386 g/mol. The van der Waals surface area contributed by atoms with Crippen LogP contribution >= 0.6 is 0 Å². The molecule has 3 rings (SSSR count). The highest BCUT2D eigenvalue weighted by Gasteiger charge is 2.25. The molecule has 2 amide bonds. The molecule has 1 saturated carbocycles. The summed E-state index contributed by atoms with van der Waals surface area (Å²) in [7, 11) is 0.